The average Bonchev–Trinajstić information content (AvgIpc) is 2.70. The Morgan fingerprint density at radius 2 is 1.50 bits per heavy atom. The van der Waals surface area contributed by atoms with E-state index in [1.54, 1.807) is 11.8 Å². The van der Waals surface area contributed by atoms with Crippen molar-refractivity contribution in [1.29, 1.82) is 0 Å². The van der Waals surface area contributed by atoms with Crippen LogP contribution in [-0.4, -0.2) is 109 Å². The Balaban J connectivity index is 1.80. The van der Waals surface area contributed by atoms with E-state index < -0.39 is 6.04 Å². The van der Waals surface area contributed by atoms with Gasteiger partial charge in [-0.1, -0.05) is 0 Å². The normalized spacial score (nSPS) is 21.4. The number of hydrogen-bond acceptors (Lipinski definition) is 6. The third-order valence-corrected chi connectivity index (χ3v) is 5.68. The number of esters is 1. The molecule has 1 unspecified atom stereocenters. The number of likely N-dealkylation sites (N-methyl/N-ethyl adjacent to an activating group) is 1. The van der Waals surface area contributed by atoms with Crippen molar-refractivity contribution in [3.05, 3.63) is 0 Å². The fraction of sp³-hybridized carbons (Fsp3) is 0.850. The van der Waals surface area contributed by atoms with Crippen molar-refractivity contribution in [2.45, 2.75) is 46.1 Å². The van der Waals surface area contributed by atoms with Gasteiger partial charge < -0.3 is 14.5 Å². The Labute approximate surface area is 168 Å². The van der Waals surface area contributed by atoms with Gasteiger partial charge in [0.15, 0.2) is 0 Å². The molecule has 2 aliphatic rings. The second kappa shape index (κ2) is 11.4. The molecule has 0 aromatic carbocycles. The standard InChI is InChI=1S/C20H36N4O4/c1-4-23(5-2)18(25)15-21-11-13-22(14-12-21)16-19(26)24-10-8-7-9-17(24)20(27)28-6-3/h17H,4-16H2,1-3H3. The fourth-order valence-electron chi connectivity index (χ4n) is 3.97. The topological polar surface area (TPSA) is 73.4 Å². The summed E-state index contributed by atoms with van der Waals surface area (Å²) in [5, 5.41) is 0. The highest BCUT2D eigenvalue weighted by atomic mass is 16.5. The predicted molar refractivity (Wildman–Crippen MR) is 107 cm³/mol. The van der Waals surface area contributed by atoms with Crippen molar-refractivity contribution < 1.29 is 19.1 Å². The second-order valence-corrected chi connectivity index (χ2v) is 7.47. The maximum atomic E-state index is 12.8. The van der Waals surface area contributed by atoms with E-state index in [1.165, 1.54) is 0 Å². The van der Waals surface area contributed by atoms with E-state index in [-0.39, 0.29) is 17.8 Å². The summed E-state index contributed by atoms with van der Waals surface area (Å²) in [6, 6.07) is -0.436. The molecule has 0 radical (unpaired) electrons. The maximum absolute atomic E-state index is 12.8. The van der Waals surface area contributed by atoms with Crippen LogP contribution in [0, 0.1) is 0 Å². The third-order valence-electron chi connectivity index (χ3n) is 5.68. The first kappa shape index (κ1) is 22.6. The van der Waals surface area contributed by atoms with Crippen molar-refractivity contribution >= 4 is 17.8 Å². The number of carbonyl (C=O) groups is 3. The molecule has 2 aliphatic heterocycles. The number of piperazine rings is 1. The summed E-state index contributed by atoms with van der Waals surface area (Å²) in [5.41, 5.74) is 0. The largest absolute Gasteiger partial charge is 0.464 e. The maximum Gasteiger partial charge on any atom is 0.328 e. The SMILES string of the molecule is CCOC(=O)C1CCCCN1C(=O)CN1CCN(CC(=O)N(CC)CC)CC1. The number of nitrogens with zero attached hydrogens (tertiary/aromatic N) is 4. The van der Waals surface area contributed by atoms with Crippen LogP contribution in [0.1, 0.15) is 40.0 Å². The Kier molecular flexibility index (Phi) is 9.18. The zero-order chi connectivity index (χ0) is 20.5. The van der Waals surface area contributed by atoms with Crippen LogP contribution in [0.15, 0.2) is 0 Å². The molecule has 2 saturated heterocycles. The van der Waals surface area contributed by atoms with E-state index >= 15 is 0 Å². The van der Waals surface area contributed by atoms with Gasteiger partial charge in [-0.2, -0.15) is 0 Å². The van der Waals surface area contributed by atoms with Crippen LogP contribution in [0.4, 0.5) is 0 Å². The molecule has 0 saturated carbocycles. The highest BCUT2D eigenvalue weighted by molar-refractivity contribution is 5.85. The molecule has 2 fully saturated rings. The summed E-state index contributed by atoms with van der Waals surface area (Å²) in [6.07, 6.45) is 2.57. The number of amides is 2. The highest BCUT2D eigenvalue weighted by Gasteiger charge is 2.34. The molecule has 160 valence electrons. The lowest BCUT2D eigenvalue weighted by Crippen LogP contribution is -2.55. The lowest BCUT2D eigenvalue weighted by molar-refractivity contribution is -0.157. The molecule has 2 amide bonds. The number of piperidine rings is 1. The molecule has 8 heteroatoms. The van der Waals surface area contributed by atoms with Crippen molar-refractivity contribution in [2.24, 2.45) is 0 Å². The minimum absolute atomic E-state index is 0.00502. The first-order chi connectivity index (χ1) is 13.5. The summed E-state index contributed by atoms with van der Waals surface area (Å²) in [4.78, 5) is 45.1. The van der Waals surface area contributed by atoms with E-state index in [0.29, 0.717) is 32.7 Å². The van der Waals surface area contributed by atoms with Gasteiger partial charge in [-0.25, -0.2) is 4.79 Å². The van der Waals surface area contributed by atoms with E-state index in [4.69, 9.17) is 4.74 Å². The summed E-state index contributed by atoms with van der Waals surface area (Å²) in [5.74, 6) is -0.110. The molecule has 28 heavy (non-hydrogen) atoms. The van der Waals surface area contributed by atoms with Crippen LogP contribution in [-0.2, 0) is 19.1 Å². The van der Waals surface area contributed by atoms with Crippen LogP contribution >= 0.6 is 0 Å². The van der Waals surface area contributed by atoms with Crippen LogP contribution in [0.5, 0.6) is 0 Å². The van der Waals surface area contributed by atoms with Crippen LogP contribution < -0.4 is 0 Å². The van der Waals surface area contributed by atoms with Crippen molar-refractivity contribution in [3.63, 3.8) is 0 Å². The third kappa shape index (κ3) is 6.17. The lowest BCUT2D eigenvalue weighted by atomic mass is 10.0. The molecular formula is C20H36N4O4. The van der Waals surface area contributed by atoms with Crippen LogP contribution in [0.2, 0.25) is 0 Å². The van der Waals surface area contributed by atoms with Gasteiger partial charge >= 0.3 is 5.97 Å². The second-order valence-electron chi connectivity index (χ2n) is 7.47. The van der Waals surface area contributed by atoms with Crippen molar-refractivity contribution in [3.8, 4) is 0 Å². The van der Waals surface area contributed by atoms with Gasteiger partial charge in [0, 0.05) is 45.8 Å². The van der Waals surface area contributed by atoms with Gasteiger partial charge in [0.25, 0.3) is 0 Å². The summed E-state index contributed by atoms with van der Waals surface area (Å²) in [6.45, 7) is 12.1. The molecule has 2 rings (SSSR count). The minimum Gasteiger partial charge on any atom is -0.464 e. The van der Waals surface area contributed by atoms with E-state index in [2.05, 4.69) is 9.80 Å². The first-order valence-electron chi connectivity index (χ1n) is 10.7. The molecule has 0 aromatic heterocycles. The fourth-order valence-corrected chi connectivity index (χ4v) is 3.97. The monoisotopic (exact) mass is 396 g/mol. The smallest absolute Gasteiger partial charge is 0.328 e. The number of ether oxygens (including phenoxy) is 1. The predicted octanol–water partition coefficient (Wildman–Crippen LogP) is 0.417. The molecule has 2 heterocycles. The van der Waals surface area contributed by atoms with Gasteiger partial charge in [0.2, 0.25) is 11.8 Å². The zero-order valence-electron chi connectivity index (χ0n) is 17.7. The minimum atomic E-state index is -0.436. The van der Waals surface area contributed by atoms with Gasteiger partial charge in [-0.15, -0.1) is 0 Å². The van der Waals surface area contributed by atoms with E-state index in [0.717, 1.165) is 52.1 Å². The highest BCUT2D eigenvalue weighted by Crippen LogP contribution is 2.19. The molecule has 0 aliphatic carbocycles. The molecule has 0 spiro atoms. The summed E-state index contributed by atoms with van der Waals surface area (Å²) in [7, 11) is 0. The van der Waals surface area contributed by atoms with Crippen LogP contribution in [0.3, 0.4) is 0 Å². The molecule has 0 aromatic rings. The number of rotatable bonds is 8. The van der Waals surface area contributed by atoms with E-state index in [1.807, 2.05) is 18.7 Å². The van der Waals surface area contributed by atoms with Crippen molar-refractivity contribution in [1.82, 2.24) is 19.6 Å². The van der Waals surface area contributed by atoms with Gasteiger partial charge in [-0.05, 0) is 40.0 Å². The number of hydrogen-bond donors (Lipinski definition) is 0. The molecule has 0 N–H and O–H groups in total. The Morgan fingerprint density at radius 1 is 0.893 bits per heavy atom. The Bertz CT molecular complexity index is 530. The van der Waals surface area contributed by atoms with Gasteiger partial charge in [-0.3, -0.25) is 19.4 Å². The number of likely N-dealkylation sites (tertiary alicyclic amines) is 1. The zero-order valence-corrected chi connectivity index (χ0v) is 17.7. The van der Waals surface area contributed by atoms with Crippen LogP contribution in [0.25, 0.3) is 0 Å². The molecule has 8 nitrogen and oxygen atoms in total. The Hall–Kier alpha value is -1.67. The molecule has 1 atom stereocenters. The molecule has 0 bridgehead atoms. The van der Waals surface area contributed by atoms with Crippen molar-refractivity contribution in [2.75, 3.05) is 65.5 Å². The van der Waals surface area contributed by atoms with E-state index in [9.17, 15) is 14.4 Å². The van der Waals surface area contributed by atoms with Gasteiger partial charge in [0.05, 0.1) is 19.7 Å². The summed E-state index contributed by atoms with van der Waals surface area (Å²) >= 11 is 0. The summed E-state index contributed by atoms with van der Waals surface area (Å²) < 4.78 is 5.15. The number of carbonyl (C=O) groups excluding carboxylic acids is 3. The lowest BCUT2D eigenvalue weighted by Gasteiger charge is -2.38. The molecular weight excluding hydrogens is 360 g/mol. The first-order valence-corrected chi connectivity index (χ1v) is 10.7. The quantitative estimate of drug-likeness (QED) is 0.554. The average molecular weight is 397 g/mol. The Morgan fingerprint density at radius 3 is 2.07 bits per heavy atom. The van der Waals surface area contributed by atoms with Gasteiger partial charge in [0.1, 0.15) is 6.04 Å².